The van der Waals surface area contributed by atoms with Gasteiger partial charge >= 0.3 is 6.61 Å². The fourth-order valence-corrected chi connectivity index (χ4v) is 3.84. The van der Waals surface area contributed by atoms with Crippen molar-refractivity contribution in [2.75, 3.05) is 25.1 Å². The van der Waals surface area contributed by atoms with Crippen molar-refractivity contribution in [3.05, 3.63) is 66.8 Å². The molecule has 0 saturated carbocycles. The molecule has 1 aliphatic heterocycles. The lowest BCUT2D eigenvalue weighted by atomic mass is 10.0. The van der Waals surface area contributed by atoms with Gasteiger partial charge in [-0.1, -0.05) is 12.7 Å². The number of alkyl halides is 2. The second-order valence-electron chi connectivity index (χ2n) is 7.54. The van der Waals surface area contributed by atoms with Crippen LogP contribution < -0.4 is 14.4 Å². The van der Waals surface area contributed by atoms with Crippen molar-refractivity contribution in [2.24, 2.45) is 4.99 Å². The third kappa shape index (κ3) is 6.10. The van der Waals surface area contributed by atoms with Gasteiger partial charge in [-0.15, -0.1) is 0 Å². The molecule has 0 spiro atoms. The molecule has 0 N–H and O–H groups in total. The molecule has 0 amide bonds. The highest BCUT2D eigenvalue weighted by Gasteiger charge is 2.28. The molecule has 34 heavy (non-hydrogen) atoms. The highest BCUT2D eigenvalue weighted by molar-refractivity contribution is 5.84. The molecule has 2 heterocycles. The minimum Gasteiger partial charge on any atom is -0.494 e. The lowest BCUT2D eigenvalue weighted by molar-refractivity contribution is -0.0498. The Kier molecular flexibility index (Phi) is 8.57. The quantitative estimate of drug-likeness (QED) is 0.368. The number of aliphatic imine (C=N–C) groups is 1. The second-order valence-corrected chi connectivity index (χ2v) is 7.54. The maximum atomic E-state index is 12.6. The number of nitriles is 1. The average Bonchev–Trinajstić information content (AvgIpc) is 2.86. The van der Waals surface area contributed by atoms with E-state index in [9.17, 15) is 8.78 Å². The molecule has 1 saturated heterocycles. The number of anilines is 2. The Balaban J connectivity index is 1.82. The van der Waals surface area contributed by atoms with Crippen molar-refractivity contribution in [1.82, 2.24) is 9.88 Å². The maximum absolute atomic E-state index is 12.6. The highest BCUT2D eigenvalue weighted by Crippen LogP contribution is 2.38. The third-order valence-electron chi connectivity index (χ3n) is 5.57. The van der Waals surface area contributed by atoms with Crippen LogP contribution in [0.25, 0.3) is 0 Å². The van der Waals surface area contributed by atoms with Crippen LogP contribution >= 0.6 is 0 Å². The predicted octanol–water partition coefficient (Wildman–Crippen LogP) is 5.31. The number of hydrogen-bond donors (Lipinski definition) is 0. The molecule has 0 atom stereocenters. The number of rotatable bonds is 9. The fraction of sp³-hybridized carbons (Fsp3) is 0.320. The van der Waals surface area contributed by atoms with Gasteiger partial charge in [0.2, 0.25) is 0 Å². The van der Waals surface area contributed by atoms with Crippen LogP contribution in [0.1, 0.15) is 19.8 Å². The van der Waals surface area contributed by atoms with E-state index in [0.29, 0.717) is 30.2 Å². The smallest absolute Gasteiger partial charge is 0.387 e. The zero-order chi connectivity index (χ0) is 24.5. The first-order valence-electron chi connectivity index (χ1n) is 10.8. The molecule has 9 heteroatoms. The number of benzene rings is 1. The van der Waals surface area contributed by atoms with Crippen LogP contribution in [0.4, 0.5) is 20.2 Å². The molecule has 0 radical (unpaired) electrons. The number of nitrogens with zero attached hydrogens (tertiary/aromatic N) is 5. The Morgan fingerprint density at radius 2 is 2.00 bits per heavy atom. The van der Waals surface area contributed by atoms with Gasteiger partial charge in [0.05, 0.1) is 18.9 Å². The van der Waals surface area contributed by atoms with Gasteiger partial charge in [0.1, 0.15) is 29.1 Å². The second kappa shape index (κ2) is 11.8. The van der Waals surface area contributed by atoms with E-state index < -0.39 is 6.61 Å². The molecule has 1 aromatic carbocycles. The molecule has 1 fully saturated rings. The normalized spacial score (nSPS) is 14.8. The zero-order valence-electron chi connectivity index (χ0n) is 19.2. The number of ether oxygens (including phenoxy) is 2. The van der Waals surface area contributed by atoms with Crippen molar-refractivity contribution in [3.63, 3.8) is 0 Å². The Hall–Kier alpha value is -3.93. The standard InChI is InChI=1S/C25H27F2N5O2/c1-4-19(15-28)16-30-18(2)31-13-10-21(11-14-31)32(23-17-29-12-9-24(23)33-3)20-5-7-22(8-6-20)34-25(26)27/h4-9,12,16-17,21,25H,2,10-11,13-14H2,1,3H3/b19-4-,30-16-. The summed E-state index contributed by atoms with van der Waals surface area (Å²) in [6.45, 7) is 4.37. The summed E-state index contributed by atoms with van der Waals surface area (Å²) in [5, 5.41) is 9.05. The molecule has 0 unspecified atom stereocenters. The van der Waals surface area contributed by atoms with Crippen LogP contribution in [0.15, 0.2) is 71.8 Å². The largest absolute Gasteiger partial charge is 0.494 e. The summed E-state index contributed by atoms with van der Waals surface area (Å²) in [6.07, 6.45) is 8.18. The monoisotopic (exact) mass is 467 g/mol. The summed E-state index contributed by atoms with van der Waals surface area (Å²) in [5.74, 6) is 1.36. The number of methoxy groups -OCH3 is 1. The SMILES string of the molecule is C=C(/N=C\C(C#N)=C/C)N1CCC(N(c2ccc(OC(F)F)cc2)c2cnccc2OC)CC1. The molecule has 1 aromatic heterocycles. The molecule has 1 aliphatic rings. The van der Waals surface area contributed by atoms with E-state index in [1.807, 2.05) is 0 Å². The van der Waals surface area contributed by atoms with Crippen LogP contribution in [0.2, 0.25) is 0 Å². The first kappa shape index (κ1) is 24.7. The number of hydrogen-bond acceptors (Lipinski definition) is 7. The molecule has 0 bridgehead atoms. The molecule has 0 aliphatic carbocycles. The summed E-state index contributed by atoms with van der Waals surface area (Å²) in [6, 6.07) is 10.5. The van der Waals surface area contributed by atoms with Gasteiger partial charge in [-0.05, 0) is 44.0 Å². The summed E-state index contributed by atoms with van der Waals surface area (Å²) in [7, 11) is 1.60. The van der Waals surface area contributed by atoms with E-state index in [4.69, 9.17) is 10.00 Å². The Labute approximate surface area is 198 Å². The van der Waals surface area contributed by atoms with Gasteiger partial charge < -0.3 is 19.3 Å². The van der Waals surface area contributed by atoms with Gasteiger partial charge in [0, 0.05) is 43.3 Å². The number of likely N-dealkylation sites (tertiary alicyclic amines) is 1. The lowest BCUT2D eigenvalue weighted by Gasteiger charge is -2.40. The minimum atomic E-state index is -2.88. The average molecular weight is 468 g/mol. The zero-order valence-corrected chi connectivity index (χ0v) is 19.2. The third-order valence-corrected chi connectivity index (χ3v) is 5.57. The van der Waals surface area contributed by atoms with Gasteiger partial charge in [-0.2, -0.15) is 14.0 Å². The molecular weight excluding hydrogens is 440 g/mol. The van der Waals surface area contributed by atoms with Gasteiger partial charge in [-0.25, -0.2) is 4.99 Å². The maximum Gasteiger partial charge on any atom is 0.387 e. The predicted molar refractivity (Wildman–Crippen MR) is 128 cm³/mol. The van der Waals surface area contributed by atoms with E-state index in [1.54, 1.807) is 50.7 Å². The minimum absolute atomic E-state index is 0.0956. The molecule has 2 aromatic rings. The van der Waals surface area contributed by atoms with Crippen LogP contribution in [-0.2, 0) is 0 Å². The fourth-order valence-electron chi connectivity index (χ4n) is 3.84. The molecule has 3 rings (SSSR count). The number of aromatic nitrogens is 1. The lowest BCUT2D eigenvalue weighted by Crippen LogP contribution is -2.42. The van der Waals surface area contributed by atoms with Crippen LogP contribution in [0.3, 0.4) is 0 Å². The van der Waals surface area contributed by atoms with Crippen LogP contribution in [0.5, 0.6) is 11.5 Å². The first-order valence-corrected chi connectivity index (χ1v) is 10.8. The van der Waals surface area contributed by atoms with Crippen molar-refractivity contribution < 1.29 is 18.3 Å². The highest BCUT2D eigenvalue weighted by atomic mass is 19.3. The molecule has 178 valence electrons. The van der Waals surface area contributed by atoms with E-state index in [-0.39, 0.29) is 11.8 Å². The number of halogens is 2. The molecule has 7 nitrogen and oxygen atoms in total. The number of piperidine rings is 1. The van der Waals surface area contributed by atoms with E-state index in [2.05, 4.69) is 37.2 Å². The van der Waals surface area contributed by atoms with Crippen molar-refractivity contribution in [1.29, 1.82) is 5.26 Å². The van der Waals surface area contributed by atoms with Gasteiger partial charge in [-0.3, -0.25) is 4.98 Å². The topological polar surface area (TPSA) is 74.0 Å². The van der Waals surface area contributed by atoms with E-state index in [0.717, 1.165) is 24.2 Å². The summed E-state index contributed by atoms with van der Waals surface area (Å²) in [4.78, 5) is 12.8. The number of allylic oxidation sites excluding steroid dienone is 2. The van der Waals surface area contributed by atoms with E-state index >= 15 is 0 Å². The van der Waals surface area contributed by atoms with Crippen LogP contribution in [0, 0.1) is 11.3 Å². The van der Waals surface area contributed by atoms with Crippen molar-refractivity contribution in [3.8, 4) is 17.6 Å². The van der Waals surface area contributed by atoms with Crippen molar-refractivity contribution >= 4 is 17.6 Å². The number of pyridine rings is 1. The Morgan fingerprint density at radius 1 is 1.29 bits per heavy atom. The van der Waals surface area contributed by atoms with Gasteiger partial charge in [0.25, 0.3) is 0 Å². The molecular formula is C25H27F2N5O2. The van der Waals surface area contributed by atoms with E-state index in [1.165, 1.54) is 18.3 Å². The van der Waals surface area contributed by atoms with Crippen molar-refractivity contribution in [2.45, 2.75) is 32.4 Å². The Bertz CT molecular complexity index is 1070. The first-order chi connectivity index (χ1) is 16.5. The Morgan fingerprint density at radius 3 is 2.59 bits per heavy atom. The van der Waals surface area contributed by atoms with Crippen LogP contribution in [-0.4, -0.2) is 49.0 Å². The summed E-state index contributed by atoms with van der Waals surface area (Å²) < 4.78 is 35.2. The van der Waals surface area contributed by atoms with Gasteiger partial charge in [0.15, 0.2) is 0 Å². The summed E-state index contributed by atoms with van der Waals surface area (Å²) in [5.41, 5.74) is 2.08. The summed E-state index contributed by atoms with van der Waals surface area (Å²) >= 11 is 0.